The third kappa shape index (κ3) is 6.41. The van der Waals surface area contributed by atoms with Crippen molar-refractivity contribution in [3.63, 3.8) is 0 Å². The first-order chi connectivity index (χ1) is 13.3. The average molecular weight is 525 g/mol. The van der Waals surface area contributed by atoms with Gasteiger partial charge in [0.05, 0.1) is 18.8 Å². The van der Waals surface area contributed by atoms with Crippen LogP contribution < -0.4 is 10.6 Å². The van der Waals surface area contributed by atoms with Crippen LogP contribution in [0.5, 0.6) is 0 Å². The fourth-order valence-corrected chi connectivity index (χ4v) is 3.93. The number of aliphatic imine (C=N–C) groups is 1. The molecule has 0 spiro atoms. The van der Waals surface area contributed by atoms with Crippen molar-refractivity contribution in [3.05, 3.63) is 0 Å². The molecule has 1 heterocycles. The molecule has 8 nitrogen and oxygen atoms in total. The second-order valence-corrected chi connectivity index (χ2v) is 8.46. The minimum absolute atomic E-state index is 0. The van der Waals surface area contributed by atoms with Crippen molar-refractivity contribution in [3.8, 4) is 0 Å². The van der Waals surface area contributed by atoms with Gasteiger partial charge < -0.3 is 25.0 Å². The normalized spacial score (nSPS) is 27.0. The number of nitrogens with one attached hydrogen (secondary N) is 2. The molecule has 29 heavy (non-hydrogen) atoms. The Morgan fingerprint density at radius 3 is 2.34 bits per heavy atom. The highest BCUT2D eigenvalue weighted by Gasteiger charge is 2.58. The molecule has 2 aliphatic rings. The van der Waals surface area contributed by atoms with E-state index >= 15 is 0 Å². The number of ether oxygens (including phenoxy) is 2. The topological polar surface area (TPSA) is 78.4 Å². The summed E-state index contributed by atoms with van der Waals surface area (Å²) >= 11 is 0. The van der Waals surface area contributed by atoms with E-state index in [4.69, 9.17) is 14.5 Å². The van der Waals surface area contributed by atoms with Gasteiger partial charge in [-0.1, -0.05) is 13.8 Å². The summed E-state index contributed by atoms with van der Waals surface area (Å²) in [6.07, 6.45) is 0.973. The van der Waals surface area contributed by atoms with Crippen molar-refractivity contribution >= 4 is 35.8 Å². The predicted octanol–water partition coefficient (Wildman–Crippen LogP) is 1.15. The van der Waals surface area contributed by atoms with Gasteiger partial charge in [0.15, 0.2) is 5.96 Å². The van der Waals surface area contributed by atoms with Gasteiger partial charge in [-0.05, 0) is 20.3 Å². The number of rotatable bonds is 8. The van der Waals surface area contributed by atoms with Gasteiger partial charge >= 0.3 is 0 Å². The zero-order valence-corrected chi connectivity index (χ0v) is 21.2. The molecule has 9 heteroatoms. The van der Waals surface area contributed by atoms with Crippen LogP contribution in [0.15, 0.2) is 4.99 Å². The monoisotopic (exact) mass is 525 g/mol. The van der Waals surface area contributed by atoms with E-state index in [9.17, 15) is 4.79 Å². The molecule has 1 aliphatic heterocycles. The molecule has 1 aliphatic carbocycles. The lowest BCUT2D eigenvalue weighted by atomic mass is 9.56. The first kappa shape index (κ1) is 26.4. The van der Waals surface area contributed by atoms with Crippen molar-refractivity contribution in [2.24, 2.45) is 10.4 Å². The van der Waals surface area contributed by atoms with Crippen LogP contribution in [0, 0.1) is 5.41 Å². The SMILES string of the molecule is CCN=C(NC1CC(C)(OC)C1(C)C)N1CCN(CC(=O)NCCOC)CC1.I. The Bertz CT molecular complexity index is 552. The van der Waals surface area contributed by atoms with Crippen molar-refractivity contribution < 1.29 is 14.3 Å². The van der Waals surface area contributed by atoms with Gasteiger partial charge in [-0.25, -0.2) is 0 Å². The largest absolute Gasteiger partial charge is 0.383 e. The second-order valence-electron chi connectivity index (χ2n) is 8.46. The van der Waals surface area contributed by atoms with Gasteiger partial charge in [-0.3, -0.25) is 14.7 Å². The van der Waals surface area contributed by atoms with Crippen molar-refractivity contribution in [2.45, 2.75) is 45.8 Å². The van der Waals surface area contributed by atoms with Crippen LogP contribution in [0.4, 0.5) is 0 Å². The van der Waals surface area contributed by atoms with E-state index in [0.717, 1.165) is 45.1 Å². The van der Waals surface area contributed by atoms with E-state index in [0.29, 0.717) is 25.7 Å². The molecule has 1 saturated carbocycles. The van der Waals surface area contributed by atoms with Gasteiger partial charge in [0, 0.05) is 64.9 Å². The average Bonchev–Trinajstić information content (AvgIpc) is 2.67. The maximum absolute atomic E-state index is 12.0. The van der Waals surface area contributed by atoms with Crippen LogP contribution in [-0.2, 0) is 14.3 Å². The van der Waals surface area contributed by atoms with E-state index in [1.165, 1.54) is 0 Å². The molecule has 0 aromatic heterocycles. The Labute approximate surface area is 193 Å². The molecular formula is C20H40IN5O3. The third-order valence-corrected chi connectivity index (χ3v) is 6.56. The summed E-state index contributed by atoms with van der Waals surface area (Å²) in [6.45, 7) is 14.5. The fraction of sp³-hybridized carbons (Fsp3) is 0.900. The van der Waals surface area contributed by atoms with Gasteiger partial charge in [-0.2, -0.15) is 0 Å². The summed E-state index contributed by atoms with van der Waals surface area (Å²) in [7, 11) is 3.43. The predicted molar refractivity (Wildman–Crippen MR) is 127 cm³/mol. The van der Waals surface area contributed by atoms with Gasteiger partial charge in [-0.15, -0.1) is 24.0 Å². The molecule has 2 fully saturated rings. The van der Waals surface area contributed by atoms with Gasteiger partial charge in [0.2, 0.25) is 5.91 Å². The van der Waals surface area contributed by atoms with Crippen LogP contribution >= 0.6 is 24.0 Å². The number of nitrogens with zero attached hydrogens (tertiary/aromatic N) is 3. The third-order valence-electron chi connectivity index (χ3n) is 6.56. The van der Waals surface area contributed by atoms with Gasteiger partial charge in [0.25, 0.3) is 0 Å². The van der Waals surface area contributed by atoms with Crippen LogP contribution in [-0.4, -0.2) is 99.9 Å². The van der Waals surface area contributed by atoms with E-state index in [1.807, 2.05) is 0 Å². The van der Waals surface area contributed by atoms with E-state index in [-0.39, 0.29) is 40.9 Å². The first-order valence-electron chi connectivity index (χ1n) is 10.4. The molecular weight excluding hydrogens is 485 g/mol. The highest BCUT2D eigenvalue weighted by atomic mass is 127. The Balaban J connectivity index is 0.00000420. The standard InChI is InChI=1S/C20H39N5O3.HI/c1-7-21-18(23-16-14-20(4,28-6)19(16,2)3)25-11-9-24(10-12-25)15-17(26)22-8-13-27-5;/h16H,7-15H2,1-6H3,(H,21,23)(H,22,26);1H. The van der Waals surface area contributed by atoms with Crippen LogP contribution in [0.3, 0.4) is 0 Å². The summed E-state index contributed by atoms with van der Waals surface area (Å²) in [5.41, 5.74) is -0.0603. The minimum atomic E-state index is -0.100. The Morgan fingerprint density at radius 2 is 1.83 bits per heavy atom. The van der Waals surface area contributed by atoms with Crippen molar-refractivity contribution in [1.29, 1.82) is 0 Å². The summed E-state index contributed by atoms with van der Waals surface area (Å²) in [5, 5.41) is 6.56. The molecule has 1 saturated heterocycles. The molecule has 2 rings (SSSR count). The molecule has 0 radical (unpaired) electrons. The number of amides is 1. The lowest BCUT2D eigenvalue weighted by molar-refractivity contribution is -0.177. The number of halogens is 1. The lowest BCUT2D eigenvalue weighted by Crippen LogP contribution is -2.70. The summed E-state index contributed by atoms with van der Waals surface area (Å²) < 4.78 is 10.7. The van der Waals surface area contributed by atoms with Crippen LogP contribution in [0.25, 0.3) is 0 Å². The highest BCUT2D eigenvalue weighted by Crippen LogP contribution is 2.51. The first-order valence-corrected chi connectivity index (χ1v) is 10.4. The van der Waals surface area contributed by atoms with Crippen molar-refractivity contribution in [1.82, 2.24) is 20.4 Å². The second kappa shape index (κ2) is 11.7. The van der Waals surface area contributed by atoms with Crippen LogP contribution in [0.1, 0.15) is 34.1 Å². The molecule has 2 atom stereocenters. The van der Waals surface area contributed by atoms with E-state index < -0.39 is 0 Å². The van der Waals surface area contributed by atoms with Crippen LogP contribution in [0.2, 0.25) is 0 Å². The number of hydrogen-bond acceptors (Lipinski definition) is 5. The van der Waals surface area contributed by atoms with E-state index in [2.05, 4.69) is 48.1 Å². The Hall–Kier alpha value is -0.650. The Morgan fingerprint density at radius 1 is 1.17 bits per heavy atom. The molecule has 170 valence electrons. The highest BCUT2D eigenvalue weighted by molar-refractivity contribution is 14.0. The zero-order valence-electron chi connectivity index (χ0n) is 18.9. The number of carbonyl (C=O) groups excluding carboxylic acids is 1. The summed E-state index contributed by atoms with van der Waals surface area (Å²) in [5.74, 6) is 1.03. The zero-order chi connectivity index (χ0) is 20.8. The summed E-state index contributed by atoms with van der Waals surface area (Å²) in [4.78, 5) is 21.2. The minimum Gasteiger partial charge on any atom is -0.383 e. The number of piperazine rings is 1. The van der Waals surface area contributed by atoms with E-state index in [1.54, 1.807) is 14.2 Å². The maximum atomic E-state index is 12.0. The number of guanidine groups is 1. The molecule has 0 bridgehead atoms. The molecule has 0 aromatic rings. The smallest absolute Gasteiger partial charge is 0.234 e. The fourth-order valence-electron chi connectivity index (χ4n) is 3.93. The number of carbonyl (C=O) groups is 1. The quantitative estimate of drug-likeness (QED) is 0.214. The van der Waals surface area contributed by atoms with Gasteiger partial charge in [0.1, 0.15) is 0 Å². The lowest BCUT2D eigenvalue weighted by Gasteiger charge is -2.59. The maximum Gasteiger partial charge on any atom is 0.234 e. The molecule has 0 aromatic carbocycles. The number of hydrogen-bond donors (Lipinski definition) is 2. The molecule has 1 amide bonds. The summed E-state index contributed by atoms with van der Waals surface area (Å²) in [6, 6.07) is 0.340. The van der Waals surface area contributed by atoms with Crippen molar-refractivity contribution in [2.75, 3.05) is 66.6 Å². The number of methoxy groups -OCH3 is 2. The molecule has 2 N–H and O–H groups in total. The molecule has 2 unspecified atom stereocenters. The Kier molecular flexibility index (Phi) is 10.6.